The van der Waals surface area contributed by atoms with Crippen LogP contribution in [0.5, 0.6) is 0 Å². The Balaban J connectivity index is 2.77. The number of hydrogen-bond acceptors (Lipinski definition) is 3. The van der Waals surface area contributed by atoms with Gasteiger partial charge in [0.05, 0.1) is 17.4 Å². The third-order valence-electron chi connectivity index (χ3n) is 3.57. The van der Waals surface area contributed by atoms with Crippen molar-refractivity contribution in [2.24, 2.45) is 0 Å². The highest BCUT2D eigenvalue weighted by molar-refractivity contribution is 6.03. The van der Waals surface area contributed by atoms with Gasteiger partial charge in [-0.15, -0.1) is 0 Å². The Morgan fingerprint density at radius 2 is 1.86 bits per heavy atom. The fourth-order valence-corrected chi connectivity index (χ4v) is 2.47. The SMILES string of the molecule is C=COC(=O)c1cccc(CCCCCCCC)c1C(=O)O. The third kappa shape index (κ3) is 5.35. The lowest BCUT2D eigenvalue weighted by molar-refractivity contribution is 0.0632. The molecule has 1 aromatic carbocycles. The zero-order valence-corrected chi connectivity index (χ0v) is 13.1. The highest BCUT2D eigenvalue weighted by Crippen LogP contribution is 2.19. The number of carboxylic acid groups (broad SMARTS) is 1. The van der Waals surface area contributed by atoms with E-state index in [-0.39, 0.29) is 11.1 Å². The van der Waals surface area contributed by atoms with Crippen molar-refractivity contribution in [2.75, 3.05) is 0 Å². The summed E-state index contributed by atoms with van der Waals surface area (Å²) in [5.74, 6) is -1.78. The minimum atomic E-state index is -1.10. The van der Waals surface area contributed by atoms with Crippen LogP contribution in [0.25, 0.3) is 0 Å². The Bertz CT molecular complexity index is 520. The van der Waals surface area contributed by atoms with E-state index in [4.69, 9.17) is 4.74 Å². The Morgan fingerprint density at radius 3 is 2.50 bits per heavy atom. The van der Waals surface area contributed by atoms with Gasteiger partial charge in [-0.05, 0) is 24.5 Å². The van der Waals surface area contributed by atoms with Gasteiger partial charge < -0.3 is 9.84 Å². The van der Waals surface area contributed by atoms with Crippen LogP contribution < -0.4 is 0 Å². The lowest BCUT2D eigenvalue weighted by Gasteiger charge is -2.10. The van der Waals surface area contributed by atoms with E-state index in [1.807, 2.05) is 0 Å². The van der Waals surface area contributed by atoms with Crippen molar-refractivity contribution in [3.63, 3.8) is 0 Å². The van der Waals surface area contributed by atoms with Crippen LogP contribution in [0.15, 0.2) is 31.0 Å². The monoisotopic (exact) mass is 304 g/mol. The summed E-state index contributed by atoms with van der Waals surface area (Å²) in [4.78, 5) is 23.3. The summed E-state index contributed by atoms with van der Waals surface area (Å²) in [5.41, 5.74) is 0.806. The number of unbranched alkanes of at least 4 members (excludes halogenated alkanes) is 5. The molecule has 0 spiro atoms. The number of carboxylic acids is 1. The Morgan fingerprint density at radius 1 is 1.18 bits per heavy atom. The highest BCUT2D eigenvalue weighted by atomic mass is 16.5. The van der Waals surface area contributed by atoms with E-state index in [9.17, 15) is 14.7 Å². The fourth-order valence-electron chi connectivity index (χ4n) is 2.47. The van der Waals surface area contributed by atoms with Crippen LogP contribution in [0.4, 0.5) is 0 Å². The number of benzene rings is 1. The summed E-state index contributed by atoms with van der Waals surface area (Å²) >= 11 is 0. The minimum absolute atomic E-state index is 0.0444. The number of aromatic carboxylic acids is 1. The van der Waals surface area contributed by atoms with Crippen LogP contribution in [0, 0.1) is 0 Å². The average molecular weight is 304 g/mol. The lowest BCUT2D eigenvalue weighted by Crippen LogP contribution is -2.12. The van der Waals surface area contributed by atoms with Gasteiger partial charge in [-0.25, -0.2) is 9.59 Å². The molecule has 0 fully saturated rings. The van der Waals surface area contributed by atoms with Gasteiger partial charge in [0.1, 0.15) is 0 Å². The maximum absolute atomic E-state index is 11.8. The molecular weight excluding hydrogens is 280 g/mol. The summed E-state index contributed by atoms with van der Waals surface area (Å²) in [6.07, 6.45) is 8.48. The van der Waals surface area contributed by atoms with Gasteiger partial charge in [0.25, 0.3) is 0 Å². The molecule has 0 aliphatic carbocycles. The van der Waals surface area contributed by atoms with Crippen LogP contribution in [0.2, 0.25) is 0 Å². The predicted molar refractivity (Wildman–Crippen MR) is 86.1 cm³/mol. The second kappa shape index (κ2) is 9.77. The molecule has 0 saturated carbocycles. The average Bonchev–Trinajstić information content (AvgIpc) is 2.50. The maximum atomic E-state index is 11.8. The van der Waals surface area contributed by atoms with E-state index in [1.54, 1.807) is 12.1 Å². The molecule has 4 nitrogen and oxygen atoms in total. The third-order valence-corrected chi connectivity index (χ3v) is 3.57. The Kier molecular flexibility index (Phi) is 7.97. The number of esters is 1. The van der Waals surface area contributed by atoms with E-state index in [0.29, 0.717) is 12.0 Å². The molecule has 0 atom stereocenters. The topological polar surface area (TPSA) is 63.6 Å². The number of hydrogen-bond donors (Lipinski definition) is 1. The fraction of sp³-hybridized carbons (Fsp3) is 0.444. The molecular formula is C18H24O4. The van der Waals surface area contributed by atoms with Crippen LogP contribution in [-0.4, -0.2) is 17.0 Å². The molecule has 0 amide bonds. The van der Waals surface area contributed by atoms with E-state index >= 15 is 0 Å². The number of ether oxygens (including phenoxy) is 1. The summed E-state index contributed by atoms with van der Waals surface area (Å²) in [7, 11) is 0. The van der Waals surface area contributed by atoms with Crippen molar-refractivity contribution in [3.8, 4) is 0 Å². The minimum Gasteiger partial charge on any atom is -0.478 e. The molecule has 0 aliphatic heterocycles. The van der Waals surface area contributed by atoms with Crippen molar-refractivity contribution >= 4 is 11.9 Å². The smallest absolute Gasteiger partial charge is 0.343 e. The van der Waals surface area contributed by atoms with Crippen molar-refractivity contribution in [3.05, 3.63) is 47.7 Å². The first-order valence-electron chi connectivity index (χ1n) is 7.78. The molecule has 22 heavy (non-hydrogen) atoms. The van der Waals surface area contributed by atoms with Crippen molar-refractivity contribution in [1.82, 2.24) is 0 Å². The van der Waals surface area contributed by atoms with E-state index < -0.39 is 11.9 Å². The van der Waals surface area contributed by atoms with Gasteiger partial charge in [-0.1, -0.05) is 57.7 Å². The van der Waals surface area contributed by atoms with Crippen LogP contribution in [-0.2, 0) is 11.2 Å². The zero-order valence-electron chi connectivity index (χ0n) is 13.1. The molecule has 1 N–H and O–H groups in total. The van der Waals surface area contributed by atoms with Crippen LogP contribution in [0.1, 0.15) is 71.7 Å². The largest absolute Gasteiger partial charge is 0.478 e. The molecule has 0 bridgehead atoms. The number of carbonyl (C=O) groups is 2. The van der Waals surface area contributed by atoms with Crippen LogP contribution >= 0.6 is 0 Å². The number of carbonyl (C=O) groups excluding carboxylic acids is 1. The van der Waals surface area contributed by atoms with Gasteiger partial charge in [0.2, 0.25) is 0 Å². The van der Waals surface area contributed by atoms with Gasteiger partial charge >= 0.3 is 11.9 Å². The normalized spacial score (nSPS) is 10.2. The Labute approximate surface area is 131 Å². The van der Waals surface area contributed by atoms with E-state index in [1.165, 1.54) is 25.3 Å². The van der Waals surface area contributed by atoms with Gasteiger partial charge in [0, 0.05) is 0 Å². The summed E-state index contributed by atoms with van der Waals surface area (Å²) in [6, 6.07) is 4.93. The summed E-state index contributed by atoms with van der Waals surface area (Å²) in [5, 5.41) is 9.40. The van der Waals surface area contributed by atoms with Crippen LogP contribution in [0.3, 0.4) is 0 Å². The van der Waals surface area contributed by atoms with Gasteiger partial charge in [0.15, 0.2) is 0 Å². The lowest BCUT2D eigenvalue weighted by atomic mass is 9.96. The first-order chi connectivity index (χ1) is 10.6. The summed E-state index contributed by atoms with van der Waals surface area (Å²) in [6.45, 7) is 5.49. The van der Waals surface area contributed by atoms with Gasteiger partial charge in [-0.3, -0.25) is 0 Å². The molecule has 120 valence electrons. The van der Waals surface area contributed by atoms with Crippen molar-refractivity contribution in [1.29, 1.82) is 0 Å². The molecule has 0 aromatic heterocycles. The maximum Gasteiger partial charge on any atom is 0.343 e. The van der Waals surface area contributed by atoms with Crippen molar-refractivity contribution in [2.45, 2.75) is 51.9 Å². The predicted octanol–water partition coefficient (Wildman–Crippen LogP) is 4.59. The first-order valence-corrected chi connectivity index (χ1v) is 7.78. The highest BCUT2D eigenvalue weighted by Gasteiger charge is 2.20. The molecule has 4 heteroatoms. The molecule has 0 aliphatic rings. The van der Waals surface area contributed by atoms with E-state index in [0.717, 1.165) is 25.5 Å². The first kappa shape index (κ1) is 18.0. The van der Waals surface area contributed by atoms with E-state index in [2.05, 4.69) is 13.5 Å². The standard InChI is InChI=1S/C18H24O4/c1-3-5-6-7-8-9-11-14-12-10-13-15(16(14)17(19)20)18(21)22-4-2/h4,10,12-13H,2-3,5-9,11H2,1H3,(H,19,20). The molecule has 0 radical (unpaired) electrons. The van der Waals surface area contributed by atoms with Gasteiger partial charge in [-0.2, -0.15) is 0 Å². The quantitative estimate of drug-likeness (QED) is 0.390. The Hall–Kier alpha value is -2.10. The second-order valence-electron chi connectivity index (χ2n) is 5.23. The molecule has 1 rings (SSSR count). The molecule has 0 unspecified atom stereocenters. The summed E-state index contributed by atoms with van der Waals surface area (Å²) < 4.78 is 4.71. The molecule has 0 saturated heterocycles. The number of aryl methyl sites for hydroxylation is 1. The number of rotatable bonds is 10. The zero-order chi connectivity index (χ0) is 16.4. The molecule has 0 heterocycles. The second-order valence-corrected chi connectivity index (χ2v) is 5.23. The van der Waals surface area contributed by atoms with Crippen molar-refractivity contribution < 1.29 is 19.4 Å². The molecule has 1 aromatic rings.